The van der Waals surface area contributed by atoms with Gasteiger partial charge in [-0.3, -0.25) is 9.69 Å². The number of carbonyl (C=O) groups is 2. The highest BCUT2D eigenvalue weighted by Gasteiger charge is 2.32. The van der Waals surface area contributed by atoms with Crippen LogP contribution in [0.15, 0.2) is 70.1 Å². The summed E-state index contributed by atoms with van der Waals surface area (Å²) < 4.78 is 61.5. The first kappa shape index (κ1) is 29.8. The average molecular weight is 614 g/mol. The third kappa shape index (κ3) is 7.02. The lowest BCUT2D eigenvalue weighted by Crippen LogP contribution is -2.31. The van der Waals surface area contributed by atoms with Crippen LogP contribution in [0.25, 0.3) is 22.9 Å². The number of aliphatic imine (C=N–C) groups is 1. The number of thioether (sulfide) groups is 1. The lowest BCUT2D eigenvalue weighted by molar-refractivity contribution is -0.274. The van der Waals surface area contributed by atoms with Crippen molar-refractivity contribution in [3.63, 3.8) is 0 Å². The van der Waals surface area contributed by atoms with Gasteiger partial charge in [0.15, 0.2) is 5.17 Å². The summed E-state index contributed by atoms with van der Waals surface area (Å²) in [6.07, 6.45) is -3.21. The van der Waals surface area contributed by atoms with Crippen LogP contribution in [0.5, 0.6) is 5.75 Å². The molecule has 2 heterocycles. The number of anilines is 2. The van der Waals surface area contributed by atoms with Crippen LogP contribution in [-0.2, 0) is 11.2 Å². The first-order valence-electron chi connectivity index (χ1n) is 13.0. The number of aromatic nitrogens is 2. The number of amides is 3. The molecule has 1 aromatic heterocycles. The number of nitrogens with zero attached hydrogens (tertiary/aromatic N) is 4. The molecule has 1 aliphatic heterocycles. The maximum Gasteiger partial charge on any atom is 0.573 e. The number of hydrogen-bond acceptors (Lipinski definition) is 7. The van der Waals surface area contributed by atoms with Crippen molar-refractivity contribution in [2.24, 2.45) is 4.99 Å². The molecule has 0 spiro atoms. The Bertz CT molecular complexity index is 1710. The van der Waals surface area contributed by atoms with Crippen molar-refractivity contribution in [1.82, 2.24) is 10.2 Å². The Hall–Kier alpha value is -4.72. The van der Waals surface area contributed by atoms with Gasteiger partial charge < -0.3 is 14.5 Å². The predicted molar refractivity (Wildman–Crippen MR) is 153 cm³/mol. The normalized spacial score (nSPS) is 14.4. The molecule has 4 aromatic rings. The summed E-state index contributed by atoms with van der Waals surface area (Å²) >= 11 is 1.12. The van der Waals surface area contributed by atoms with Crippen molar-refractivity contribution in [2.75, 3.05) is 16.0 Å². The Kier molecular flexibility index (Phi) is 8.48. The molecule has 0 atom stereocenters. The number of ether oxygens (including phenoxy) is 1. The number of nitrogens with one attached hydrogen (secondary N) is 1. The van der Waals surface area contributed by atoms with Gasteiger partial charge in [-0.25, -0.2) is 9.18 Å². The van der Waals surface area contributed by atoms with Crippen LogP contribution in [0.2, 0.25) is 0 Å². The van der Waals surface area contributed by atoms with Crippen LogP contribution in [0.1, 0.15) is 24.5 Å². The van der Waals surface area contributed by atoms with E-state index in [4.69, 9.17) is 4.42 Å². The Morgan fingerprint density at radius 3 is 2.44 bits per heavy atom. The second-order valence-electron chi connectivity index (χ2n) is 9.40. The van der Waals surface area contributed by atoms with Gasteiger partial charge >= 0.3 is 12.4 Å². The van der Waals surface area contributed by atoms with Crippen LogP contribution >= 0.6 is 11.8 Å². The van der Waals surface area contributed by atoms with Gasteiger partial charge in [0.25, 0.3) is 0 Å². The van der Waals surface area contributed by atoms with E-state index in [2.05, 4.69) is 25.2 Å². The number of rotatable bonds is 7. The molecule has 3 aromatic carbocycles. The molecule has 1 saturated heterocycles. The van der Waals surface area contributed by atoms with Crippen molar-refractivity contribution < 1.29 is 36.3 Å². The molecule has 1 N–H and O–H groups in total. The largest absolute Gasteiger partial charge is 0.573 e. The number of alkyl halides is 3. The summed E-state index contributed by atoms with van der Waals surface area (Å²) in [6.45, 7) is 3.94. The van der Waals surface area contributed by atoms with Crippen molar-refractivity contribution in [2.45, 2.75) is 33.1 Å². The van der Waals surface area contributed by atoms with Gasteiger partial charge in [0.05, 0.1) is 17.1 Å². The summed E-state index contributed by atoms with van der Waals surface area (Å²) in [5.41, 5.74) is 2.93. The van der Waals surface area contributed by atoms with Gasteiger partial charge in [0.2, 0.25) is 17.7 Å². The minimum absolute atomic E-state index is 0.00830. The van der Waals surface area contributed by atoms with Crippen LogP contribution in [-0.4, -0.2) is 39.4 Å². The molecule has 0 radical (unpaired) electrons. The number of aryl methyl sites for hydroxylation is 2. The molecule has 5 rings (SSSR count). The summed E-state index contributed by atoms with van der Waals surface area (Å²) in [4.78, 5) is 31.0. The SMILES string of the molecule is CCCc1ccc(C)cc1N1C(=O)CS/C1=N\C(=O)Nc1ccc(-c2nnc(-c3ccc(OC(F)(F)F)cc3)o2)cc1F. The molecular formula is C29H23F4N5O4S. The standard InChI is InChI=1S/C29H23F4N5O4S/c1-3-4-17-6-5-16(2)13-23(17)38-24(39)15-43-28(38)35-27(40)34-22-12-9-19(14-21(22)30)26-37-36-25(41-26)18-7-10-20(11-8-18)42-29(31,32)33/h5-14H,3-4,15H2,1-2H3,(H,34,40)/b35-28-. The van der Waals surface area contributed by atoms with E-state index in [-0.39, 0.29) is 39.9 Å². The fourth-order valence-corrected chi connectivity index (χ4v) is 5.14. The fourth-order valence-electron chi connectivity index (χ4n) is 4.28. The zero-order valence-corrected chi connectivity index (χ0v) is 23.6. The van der Waals surface area contributed by atoms with Gasteiger partial charge in [-0.1, -0.05) is 37.2 Å². The van der Waals surface area contributed by atoms with Crippen LogP contribution in [0, 0.1) is 12.7 Å². The van der Waals surface area contributed by atoms with Gasteiger partial charge in [0.1, 0.15) is 11.6 Å². The Morgan fingerprint density at radius 1 is 1.07 bits per heavy atom. The quantitative estimate of drug-likeness (QED) is 0.217. The van der Waals surface area contributed by atoms with E-state index < -0.39 is 24.0 Å². The molecule has 0 saturated carbocycles. The monoisotopic (exact) mass is 613 g/mol. The van der Waals surface area contributed by atoms with Crippen molar-refractivity contribution in [3.05, 3.63) is 77.6 Å². The third-order valence-corrected chi connectivity index (χ3v) is 7.10. The summed E-state index contributed by atoms with van der Waals surface area (Å²) in [6, 6.07) is 13.5. The minimum Gasteiger partial charge on any atom is -0.416 e. The average Bonchev–Trinajstić information content (AvgIpc) is 3.58. The fraction of sp³-hybridized carbons (Fsp3) is 0.207. The van der Waals surface area contributed by atoms with Crippen LogP contribution in [0.4, 0.5) is 33.7 Å². The lowest BCUT2D eigenvalue weighted by Gasteiger charge is -2.20. The van der Waals surface area contributed by atoms with Gasteiger partial charge in [-0.2, -0.15) is 4.99 Å². The molecule has 0 unspecified atom stereocenters. The molecule has 14 heteroatoms. The molecule has 1 fully saturated rings. The van der Waals surface area contributed by atoms with E-state index >= 15 is 0 Å². The van der Waals surface area contributed by atoms with Crippen LogP contribution in [0.3, 0.4) is 0 Å². The number of hydrogen-bond donors (Lipinski definition) is 1. The van der Waals surface area contributed by atoms with Gasteiger partial charge in [0, 0.05) is 11.1 Å². The second kappa shape index (κ2) is 12.3. The highest BCUT2D eigenvalue weighted by Crippen LogP contribution is 2.32. The first-order valence-corrected chi connectivity index (χ1v) is 13.9. The van der Waals surface area contributed by atoms with E-state index in [0.29, 0.717) is 11.3 Å². The third-order valence-electron chi connectivity index (χ3n) is 6.18. The highest BCUT2D eigenvalue weighted by molar-refractivity contribution is 8.15. The number of halogens is 4. The summed E-state index contributed by atoms with van der Waals surface area (Å²) in [5.74, 6) is -1.38. The maximum atomic E-state index is 15.0. The Morgan fingerprint density at radius 2 is 1.77 bits per heavy atom. The summed E-state index contributed by atoms with van der Waals surface area (Å²) in [5, 5.41) is 10.3. The van der Waals surface area contributed by atoms with E-state index in [1.807, 2.05) is 32.0 Å². The van der Waals surface area contributed by atoms with Crippen LogP contribution < -0.4 is 15.0 Å². The van der Waals surface area contributed by atoms with E-state index in [1.54, 1.807) is 0 Å². The molecular weight excluding hydrogens is 590 g/mol. The van der Waals surface area contributed by atoms with E-state index in [1.165, 1.54) is 29.2 Å². The topological polar surface area (TPSA) is 110 Å². The number of benzene rings is 3. The molecule has 1 aliphatic rings. The van der Waals surface area contributed by atoms with Crippen molar-refractivity contribution >= 4 is 40.2 Å². The molecule has 0 bridgehead atoms. The minimum atomic E-state index is -4.82. The van der Waals surface area contributed by atoms with Crippen molar-refractivity contribution in [1.29, 1.82) is 0 Å². The molecule has 0 aliphatic carbocycles. The number of amidine groups is 1. The number of carbonyl (C=O) groups excluding carboxylic acids is 2. The zero-order chi connectivity index (χ0) is 30.7. The zero-order valence-electron chi connectivity index (χ0n) is 22.7. The molecule has 3 amide bonds. The van der Waals surface area contributed by atoms with E-state index in [9.17, 15) is 27.2 Å². The number of urea groups is 1. The molecule has 9 nitrogen and oxygen atoms in total. The maximum absolute atomic E-state index is 15.0. The smallest absolute Gasteiger partial charge is 0.416 e. The second-order valence-corrected chi connectivity index (χ2v) is 10.3. The first-order chi connectivity index (χ1) is 20.5. The van der Waals surface area contributed by atoms with Gasteiger partial charge in [-0.05, 0) is 73.0 Å². The van der Waals surface area contributed by atoms with E-state index in [0.717, 1.165) is 53.9 Å². The molecule has 43 heavy (non-hydrogen) atoms. The Balaban J connectivity index is 1.30. The van der Waals surface area contributed by atoms with Gasteiger partial charge in [-0.15, -0.1) is 23.4 Å². The molecule has 222 valence electrons. The Labute approximate surface area is 247 Å². The summed E-state index contributed by atoms with van der Waals surface area (Å²) in [7, 11) is 0. The van der Waals surface area contributed by atoms with Crippen molar-refractivity contribution in [3.8, 4) is 28.7 Å². The predicted octanol–water partition coefficient (Wildman–Crippen LogP) is 7.37. The highest BCUT2D eigenvalue weighted by atomic mass is 32.2. The lowest BCUT2D eigenvalue weighted by atomic mass is 10.0.